The first-order valence-electron chi connectivity index (χ1n) is 7.39. The maximum atomic E-state index is 12.3. The van der Waals surface area contributed by atoms with Gasteiger partial charge in [-0.25, -0.2) is 9.63 Å². The van der Waals surface area contributed by atoms with Crippen molar-refractivity contribution in [3.05, 3.63) is 58.6 Å². The smallest absolute Gasteiger partial charge is 0.417 e. The average molecular weight is 361 g/mol. The largest absolute Gasteiger partial charge is 0.493 e. The van der Waals surface area contributed by atoms with E-state index in [0.29, 0.717) is 23.4 Å². The molecule has 0 unspecified atom stereocenters. The van der Waals surface area contributed by atoms with Crippen LogP contribution in [0.5, 0.6) is 5.75 Å². The molecule has 2 aromatic carbocycles. The standard InChI is InChI=1S/C16H15N3O5S/c1-2-23-14-6-4-3-5-11(14)10-17-19-25(21,22)12-7-8-13-15(9-12)24-16(20)18-13/h3-10,19H,2H2,1H3,(H,18,20)/b17-10+. The second kappa shape index (κ2) is 6.81. The van der Waals surface area contributed by atoms with Crippen LogP contribution in [0.3, 0.4) is 0 Å². The topological polar surface area (TPSA) is 114 Å². The number of nitrogens with one attached hydrogen (secondary N) is 2. The summed E-state index contributed by atoms with van der Waals surface area (Å²) in [6, 6.07) is 11.2. The summed E-state index contributed by atoms with van der Waals surface area (Å²) in [5.41, 5.74) is 1.20. The van der Waals surface area contributed by atoms with Gasteiger partial charge < -0.3 is 9.15 Å². The van der Waals surface area contributed by atoms with Crippen molar-refractivity contribution in [2.75, 3.05) is 6.61 Å². The maximum absolute atomic E-state index is 12.3. The van der Waals surface area contributed by atoms with Gasteiger partial charge in [0.1, 0.15) is 5.75 Å². The van der Waals surface area contributed by atoms with E-state index >= 15 is 0 Å². The van der Waals surface area contributed by atoms with Gasteiger partial charge in [-0.05, 0) is 31.2 Å². The monoisotopic (exact) mass is 361 g/mol. The summed E-state index contributed by atoms with van der Waals surface area (Å²) in [7, 11) is -3.90. The van der Waals surface area contributed by atoms with Gasteiger partial charge in [0.2, 0.25) is 0 Å². The van der Waals surface area contributed by atoms with E-state index in [-0.39, 0.29) is 10.5 Å². The number of fused-ring (bicyclic) bond motifs is 1. The van der Waals surface area contributed by atoms with E-state index < -0.39 is 15.8 Å². The number of hydrogen-bond acceptors (Lipinski definition) is 6. The molecule has 8 nitrogen and oxygen atoms in total. The molecule has 0 fully saturated rings. The Morgan fingerprint density at radius 1 is 1.28 bits per heavy atom. The van der Waals surface area contributed by atoms with Crippen LogP contribution in [-0.4, -0.2) is 26.2 Å². The first-order valence-corrected chi connectivity index (χ1v) is 8.87. The van der Waals surface area contributed by atoms with Crippen LogP contribution in [0.2, 0.25) is 0 Å². The lowest BCUT2D eigenvalue weighted by Crippen LogP contribution is -2.18. The predicted octanol–water partition coefficient (Wildman–Crippen LogP) is 1.83. The molecule has 0 aliphatic carbocycles. The molecule has 1 heterocycles. The number of ether oxygens (including phenoxy) is 1. The molecule has 0 saturated heterocycles. The van der Waals surface area contributed by atoms with E-state index in [1.54, 1.807) is 18.2 Å². The minimum Gasteiger partial charge on any atom is -0.493 e. The molecule has 0 atom stereocenters. The molecule has 3 aromatic rings. The Labute approximate surface area is 143 Å². The Hall–Kier alpha value is -3.07. The van der Waals surface area contributed by atoms with Crippen LogP contribution in [0, 0.1) is 0 Å². The van der Waals surface area contributed by atoms with Gasteiger partial charge >= 0.3 is 5.76 Å². The number of para-hydroxylation sites is 1. The van der Waals surface area contributed by atoms with Crippen molar-refractivity contribution in [3.63, 3.8) is 0 Å². The van der Waals surface area contributed by atoms with Gasteiger partial charge in [0.05, 0.1) is 23.2 Å². The van der Waals surface area contributed by atoms with Crippen LogP contribution in [0.4, 0.5) is 0 Å². The van der Waals surface area contributed by atoms with Gasteiger partial charge in [0.25, 0.3) is 10.0 Å². The number of benzene rings is 2. The van der Waals surface area contributed by atoms with Crippen LogP contribution >= 0.6 is 0 Å². The summed E-state index contributed by atoms with van der Waals surface area (Å²) < 4.78 is 34.9. The average Bonchev–Trinajstić information content (AvgIpc) is 2.95. The molecule has 0 bridgehead atoms. The minimum absolute atomic E-state index is 0.0713. The quantitative estimate of drug-likeness (QED) is 0.514. The van der Waals surface area contributed by atoms with Crippen LogP contribution in [0.25, 0.3) is 11.1 Å². The fourth-order valence-corrected chi connectivity index (χ4v) is 2.99. The molecule has 0 aliphatic heterocycles. The Balaban J connectivity index is 1.82. The van der Waals surface area contributed by atoms with E-state index in [2.05, 4.69) is 14.9 Å². The number of aromatic nitrogens is 1. The fourth-order valence-electron chi connectivity index (χ4n) is 2.18. The van der Waals surface area contributed by atoms with Crippen molar-refractivity contribution in [1.82, 2.24) is 9.82 Å². The number of H-pyrrole nitrogens is 1. The lowest BCUT2D eigenvalue weighted by Gasteiger charge is -2.06. The van der Waals surface area contributed by atoms with Crippen molar-refractivity contribution in [1.29, 1.82) is 0 Å². The van der Waals surface area contributed by atoms with E-state index in [9.17, 15) is 13.2 Å². The first-order chi connectivity index (χ1) is 12.0. The highest BCUT2D eigenvalue weighted by molar-refractivity contribution is 7.89. The SMILES string of the molecule is CCOc1ccccc1/C=N/NS(=O)(=O)c1ccc2[nH]c(=O)oc2c1. The second-order valence-electron chi connectivity index (χ2n) is 5.00. The van der Waals surface area contributed by atoms with Crippen LogP contribution in [0.1, 0.15) is 12.5 Å². The molecule has 2 N–H and O–H groups in total. The Morgan fingerprint density at radius 3 is 2.88 bits per heavy atom. The number of hydrogen-bond donors (Lipinski definition) is 2. The highest BCUT2D eigenvalue weighted by atomic mass is 32.2. The second-order valence-corrected chi connectivity index (χ2v) is 6.66. The van der Waals surface area contributed by atoms with Crippen molar-refractivity contribution in [3.8, 4) is 5.75 Å². The van der Waals surface area contributed by atoms with Crippen LogP contribution in [-0.2, 0) is 10.0 Å². The summed E-state index contributed by atoms with van der Waals surface area (Å²) in [4.78, 5) is 15.6. The van der Waals surface area contributed by atoms with E-state index in [0.717, 1.165) is 0 Å². The number of nitrogens with zero attached hydrogens (tertiary/aromatic N) is 1. The normalized spacial score (nSPS) is 11.9. The van der Waals surface area contributed by atoms with Crippen LogP contribution < -0.4 is 15.3 Å². The molecule has 25 heavy (non-hydrogen) atoms. The summed E-state index contributed by atoms with van der Waals surface area (Å²) in [5.74, 6) is -0.0495. The number of aromatic amines is 1. The highest BCUT2D eigenvalue weighted by Crippen LogP contribution is 2.17. The number of sulfonamides is 1. The molecule has 0 saturated carbocycles. The summed E-state index contributed by atoms with van der Waals surface area (Å²) in [5, 5.41) is 3.77. The number of hydrazone groups is 1. The van der Waals surface area contributed by atoms with Gasteiger partial charge in [0, 0.05) is 11.6 Å². The zero-order chi connectivity index (χ0) is 17.9. The lowest BCUT2D eigenvalue weighted by molar-refractivity contribution is 0.340. The van der Waals surface area contributed by atoms with Crippen molar-refractivity contribution >= 4 is 27.3 Å². The number of rotatable bonds is 6. The van der Waals surface area contributed by atoms with Crippen molar-refractivity contribution in [2.45, 2.75) is 11.8 Å². The van der Waals surface area contributed by atoms with Crippen LogP contribution in [0.15, 0.2) is 61.7 Å². The third-order valence-corrected chi connectivity index (χ3v) is 4.52. The molecule has 130 valence electrons. The van der Waals surface area contributed by atoms with Crippen molar-refractivity contribution in [2.24, 2.45) is 5.10 Å². The van der Waals surface area contributed by atoms with Gasteiger partial charge in [-0.3, -0.25) is 4.98 Å². The summed E-state index contributed by atoms with van der Waals surface area (Å²) in [6.07, 6.45) is 1.36. The lowest BCUT2D eigenvalue weighted by atomic mass is 10.2. The fraction of sp³-hybridized carbons (Fsp3) is 0.125. The Morgan fingerprint density at radius 2 is 2.08 bits per heavy atom. The minimum atomic E-state index is -3.90. The molecule has 0 amide bonds. The molecular formula is C16H15N3O5S. The molecular weight excluding hydrogens is 346 g/mol. The zero-order valence-electron chi connectivity index (χ0n) is 13.2. The Kier molecular flexibility index (Phi) is 4.57. The van der Waals surface area contributed by atoms with Gasteiger partial charge in [-0.15, -0.1) is 0 Å². The molecule has 9 heteroatoms. The first kappa shape index (κ1) is 16.8. The molecule has 0 radical (unpaired) electrons. The summed E-state index contributed by atoms with van der Waals surface area (Å²) >= 11 is 0. The van der Waals surface area contributed by atoms with Gasteiger partial charge in [-0.1, -0.05) is 12.1 Å². The van der Waals surface area contributed by atoms with Crippen molar-refractivity contribution < 1.29 is 17.6 Å². The molecule has 1 aromatic heterocycles. The van der Waals surface area contributed by atoms with E-state index in [1.165, 1.54) is 24.4 Å². The number of oxazole rings is 1. The Bertz CT molecular complexity index is 1080. The molecule has 0 aliphatic rings. The molecule has 0 spiro atoms. The molecule has 3 rings (SSSR count). The highest BCUT2D eigenvalue weighted by Gasteiger charge is 2.15. The zero-order valence-corrected chi connectivity index (χ0v) is 14.0. The maximum Gasteiger partial charge on any atom is 0.417 e. The van der Waals surface area contributed by atoms with Gasteiger partial charge in [0.15, 0.2) is 5.58 Å². The predicted molar refractivity (Wildman–Crippen MR) is 92.4 cm³/mol. The third kappa shape index (κ3) is 3.72. The summed E-state index contributed by atoms with van der Waals surface area (Å²) in [6.45, 7) is 2.34. The third-order valence-electron chi connectivity index (χ3n) is 3.30. The van der Waals surface area contributed by atoms with E-state index in [4.69, 9.17) is 9.15 Å². The van der Waals surface area contributed by atoms with E-state index in [1.807, 2.05) is 13.0 Å². The van der Waals surface area contributed by atoms with Gasteiger partial charge in [-0.2, -0.15) is 13.5 Å².